The monoisotopic (exact) mass is 191 g/mol. The highest BCUT2D eigenvalue weighted by Gasteiger charge is 2.13. The number of benzene rings is 1. The summed E-state index contributed by atoms with van der Waals surface area (Å²) in [6.45, 7) is 1.23. The molecule has 68 valence electrons. The fourth-order valence-corrected chi connectivity index (χ4v) is 2.75. The van der Waals surface area contributed by atoms with Gasteiger partial charge < -0.3 is 0 Å². The lowest BCUT2D eigenvalue weighted by atomic mass is 10.4. The van der Waals surface area contributed by atoms with Gasteiger partial charge in [-0.3, -0.25) is 4.90 Å². The first-order chi connectivity index (χ1) is 6.36. The van der Waals surface area contributed by atoms with Crippen LogP contribution in [0.1, 0.15) is 12.8 Å². The van der Waals surface area contributed by atoms with Crippen molar-refractivity contribution < 1.29 is 0 Å². The molecule has 1 fully saturated rings. The van der Waals surface area contributed by atoms with Crippen LogP contribution in [0.25, 0.3) is 0 Å². The van der Waals surface area contributed by atoms with E-state index in [9.17, 15) is 0 Å². The molecule has 0 atom stereocenters. The summed E-state index contributed by atoms with van der Waals surface area (Å²) >= 11 is 0. The maximum Gasteiger partial charge on any atom is 0.0222 e. The minimum absolute atomic E-state index is 1.23. The van der Waals surface area contributed by atoms with Gasteiger partial charge >= 0.3 is 0 Å². The van der Waals surface area contributed by atoms with Crippen molar-refractivity contribution in [3.05, 3.63) is 30.3 Å². The molecule has 1 aliphatic heterocycles. The lowest BCUT2D eigenvalue weighted by Crippen LogP contribution is -2.17. The maximum absolute atomic E-state index is 2.38. The van der Waals surface area contributed by atoms with E-state index in [4.69, 9.17) is 0 Å². The van der Waals surface area contributed by atoms with E-state index in [-0.39, 0.29) is 0 Å². The highest BCUT2D eigenvalue weighted by atomic mass is 31.1. The minimum atomic E-state index is 1.23. The van der Waals surface area contributed by atoms with Crippen LogP contribution >= 0.6 is 8.20 Å². The summed E-state index contributed by atoms with van der Waals surface area (Å²) in [5.41, 5.74) is 1.56. The highest BCUT2D eigenvalue weighted by molar-refractivity contribution is 7.48. The molecule has 1 aromatic rings. The smallest absolute Gasteiger partial charge is 0.0222 e. The van der Waals surface area contributed by atoms with Crippen LogP contribution in [0.2, 0.25) is 0 Å². The zero-order chi connectivity index (χ0) is 9.10. The predicted molar refractivity (Wildman–Crippen MR) is 59.9 cm³/mol. The Morgan fingerprint density at radius 2 is 2.00 bits per heavy atom. The molecule has 0 saturated carbocycles. The number of hydrogen-bond donors (Lipinski definition) is 0. The molecule has 0 amide bonds. The average Bonchev–Trinajstić information content (AvgIpc) is 2.54. The minimum Gasteiger partial charge on any atom is -0.278 e. The Hall–Kier alpha value is -0.650. The largest absolute Gasteiger partial charge is 0.278 e. The fourth-order valence-electron chi connectivity index (χ4n) is 1.59. The Labute approximate surface area is 81.2 Å². The third-order valence-corrected chi connectivity index (χ3v) is 3.73. The molecule has 0 bridgehead atoms. The number of hydrogen-bond acceptors (Lipinski definition) is 0. The van der Waals surface area contributed by atoms with Gasteiger partial charge in [0.1, 0.15) is 0 Å². The van der Waals surface area contributed by atoms with Crippen LogP contribution < -0.4 is 5.30 Å². The van der Waals surface area contributed by atoms with Gasteiger partial charge in [-0.25, -0.2) is 0 Å². The van der Waals surface area contributed by atoms with Crippen molar-refractivity contribution in [2.45, 2.75) is 12.8 Å². The second kappa shape index (κ2) is 4.04. The number of nitrogens with zero attached hydrogens (tertiary/aromatic N) is 1. The Morgan fingerprint density at radius 3 is 2.62 bits per heavy atom. The van der Waals surface area contributed by atoms with Crippen LogP contribution in [0.5, 0.6) is 0 Å². The molecule has 0 spiro atoms. The lowest BCUT2D eigenvalue weighted by Gasteiger charge is -2.08. The molecule has 2 heteroatoms. The van der Waals surface area contributed by atoms with E-state index in [0.717, 1.165) is 0 Å². The summed E-state index contributed by atoms with van der Waals surface area (Å²) in [7, 11) is 3.58. The Balaban J connectivity index is 2.20. The standard InChI is InChI=1S/C11H14NP/c1-12-9-5-8-11(12)13-10-6-3-2-4-7-10/h2-4,6-7H,5,8-9H2,1H3. The zero-order valence-electron chi connectivity index (χ0n) is 7.90. The van der Waals surface area contributed by atoms with Crippen molar-refractivity contribution in [3.63, 3.8) is 0 Å². The van der Waals surface area contributed by atoms with Crippen molar-refractivity contribution in [2.75, 3.05) is 13.6 Å². The molecule has 0 radical (unpaired) electrons. The van der Waals surface area contributed by atoms with Crippen LogP contribution in [0, 0.1) is 0 Å². The van der Waals surface area contributed by atoms with Crippen molar-refractivity contribution in [3.8, 4) is 0 Å². The molecule has 1 saturated heterocycles. The van der Waals surface area contributed by atoms with Crippen molar-refractivity contribution in [2.24, 2.45) is 0 Å². The fraction of sp³-hybridized carbons (Fsp3) is 0.364. The molecule has 1 aliphatic rings. The summed E-state index contributed by atoms with van der Waals surface area (Å²) in [6.07, 6.45) is 2.60. The number of likely N-dealkylation sites (tertiary alicyclic amines) is 1. The molecule has 2 rings (SSSR count). The summed E-state index contributed by atoms with van der Waals surface area (Å²) in [6, 6.07) is 10.7. The molecule has 1 heterocycles. The van der Waals surface area contributed by atoms with Gasteiger partial charge in [0.2, 0.25) is 0 Å². The van der Waals surface area contributed by atoms with Crippen molar-refractivity contribution in [1.82, 2.24) is 4.90 Å². The maximum atomic E-state index is 2.38. The zero-order valence-corrected chi connectivity index (χ0v) is 8.80. The van der Waals surface area contributed by atoms with Crippen LogP contribution in [-0.4, -0.2) is 23.9 Å². The van der Waals surface area contributed by atoms with Crippen LogP contribution in [0.3, 0.4) is 0 Å². The van der Waals surface area contributed by atoms with E-state index >= 15 is 0 Å². The normalized spacial score (nSPS) is 21.2. The molecule has 0 N–H and O–H groups in total. The van der Waals surface area contributed by atoms with Gasteiger partial charge in [0, 0.05) is 17.3 Å². The van der Waals surface area contributed by atoms with Crippen LogP contribution in [0.15, 0.2) is 30.3 Å². The SMILES string of the molecule is CN1CCCC1=Pc1ccccc1. The van der Waals surface area contributed by atoms with Gasteiger partial charge in [0.25, 0.3) is 0 Å². The van der Waals surface area contributed by atoms with Gasteiger partial charge in [-0.2, -0.15) is 0 Å². The molecule has 0 unspecified atom stereocenters. The Bertz CT molecular complexity index is 305. The van der Waals surface area contributed by atoms with Crippen molar-refractivity contribution in [1.29, 1.82) is 0 Å². The Kier molecular flexibility index (Phi) is 2.77. The van der Waals surface area contributed by atoms with Gasteiger partial charge in [-0.1, -0.05) is 38.5 Å². The van der Waals surface area contributed by atoms with Crippen LogP contribution in [0.4, 0.5) is 0 Å². The third kappa shape index (κ3) is 2.18. The lowest BCUT2D eigenvalue weighted by molar-refractivity contribution is 0.556. The summed E-state index contributed by atoms with van der Waals surface area (Å²) in [5.74, 6) is 0. The van der Waals surface area contributed by atoms with Gasteiger partial charge in [0.05, 0.1) is 0 Å². The first kappa shape index (κ1) is 8.93. The van der Waals surface area contributed by atoms with E-state index in [1.807, 2.05) is 0 Å². The molecular weight excluding hydrogens is 177 g/mol. The van der Waals surface area contributed by atoms with Crippen LogP contribution in [-0.2, 0) is 0 Å². The van der Waals surface area contributed by atoms with E-state index < -0.39 is 0 Å². The predicted octanol–water partition coefficient (Wildman–Crippen LogP) is 2.11. The van der Waals surface area contributed by atoms with E-state index in [1.54, 1.807) is 5.42 Å². The van der Waals surface area contributed by atoms with Crippen molar-refractivity contribution >= 4 is 18.9 Å². The number of rotatable bonds is 1. The molecule has 0 aliphatic carbocycles. The molecule has 1 aromatic carbocycles. The van der Waals surface area contributed by atoms with Gasteiger partial charge in [0.15, 0.2) is 0 Å². The molecule has 13 heavy (non-hydrogen) atoms. The summed E-state index contributed by atoms with van der Waals surface area (Å²) in [5, 5.41) is 1.41. The highest BCUT2D eigenvalue weighted by Crippen LogP contribution is 2.15. The summed E-state index contributed by atoms with van der Waals surface area (Å²) in [4.78, 5) is 2.38. The van der Waals surface area contributed by atoms with E-state index in [2.05, 4.69) is 42.3 Å². The van der Waals surface area contributed by atoms with Gasteiger partial charge in [-0.05, 0) is 19.9 Å². The Morgan fingerprint density at radius 1 is 1.23 bits per heavy atom. The molecule has 1 nitrogen and oxygen atoms in total. The average molecular weight is 191 g/mol. The second-order valence-electron chi connectivity index (χ2n) is 3.39. The molecular formula is C11H14NP. The summed E-state index contributed by atoms with van der Waals surface area (Å²) < 4.78 is 0. The van der Waals surface area contributed by atoms with E-state index in [0.29, 0.717) is 0 Å². The first-order valence-corrected chi connectivity index (χ1v) is 5.59. The second-order valence-corrected chi connectivity index (χ2v) is 4.64. The van der Waals surface area contributed by atoms with Gasteiger partial charge in [-0.15, -0.1) is 0 Å². The van der Waals surface area contributed by atoms with E-state index in [1.165, 1.54) is 32.9 Å². The quantitative estimate of drug-likeness (QED) is 0.614. The topological polar surface area (TPSA) is 3.24 Å². The molecule has 0 aromatic heterocycles. The first-order valence-electron chi connectivity index (χ1n) is 4.70. The third-order valence-electron chi connectivity index (χ3n) is 2.35.